The van der Waals surface area contributed by atoms with Gasteiger partial charge >= 0.3 is 7.67 Å². The predicted molar refractivity (Wildman–Crippen MR) is 23.0 cm³/mol. The standard InChI is InChI=1S/ClH4N2O2P/c1-3-6(2,4)5/h(H4,2,3,4,5). The molecule has 4 N–H and O–H groups in total. The van der Waals surface area contributed by atoms with E-state index in [2.05, 4.69) is 17.3 Å². The van der Waals surface area contributed by atoms with Gasteiger partial charge in [-0.2, -0.15) is 0 Å². The number of rotatable bonds is 1. The number of hydrogen-bond acceptors (Lipinski definition) is 1. The molecule has 0 amide bonds. The van der Waals surface area contributed by atoms with Gasteiger partial charge in [-0.15, -0.1) is 4.61 Å². The molecule has 0 saturated carbocycles. The molecule has 0 fully saturated rings. The zero-order chi connectivity index (χ0) is 5.21. The minimum Gasteiger partial charge on any atom is -0.321 e. The molecule has 0 aliphatic carbocycles. The van der Waals surface area contributed by atoms with Gasteiger partial charge in [-0.3, -0.25) is 4.57 Å². The smallest absolute Gasteiger partial charge is 0.321 e. The van der Waals surface area contributed by atoms with Crippen molar-refractivity contribution in [1.29, 1.82) is 0 Å². The highest BCUT2D eigenvalue weighted by Gasteiger charge is 2.03. The van der Waals surface area contributed by atoms with E-state index in [1.165, 1.54) is 4.61 Å². The van der Waals surface area contributed by atoms with Crippen LogP contribution in [0.4, 0.5) is 0 Å². The fourth-order valence-corrected chi connectivity index (χ4v) is 0. The summed E-state index contributed by atoms with van der Waals surface area (Å²) in [5, 5.41) is 0. The van der Waals surface area contributed by atoms with E-state index in [9.17, 15) is 4.57 Å². The van der Waals surface area contributed by atoms with E-state index in [1.54, 1.807) is 0 Å². The first-order chi connectivity index (χ1) is 2.56. The Kier molecular flexibility index (Phi) is 2.04. The Balaban J connectivity index is 3.48. The molecule has 0 aromatic heterocycles. The lowest BCUT2D eigenvalue weighted by Crippen LogP contribution is -2.02. The van der Waals surface area contributed by atoms with E-state index >= 15 is 0 Å². The van der Waals surface area contributed by atoms with Gasteiger partial charge in [0.25, 0.3) is 0 Å². The Morgan fingerprint density at radius 1 is 2.00 bits per heavy atom. The van der Waals surface area contributed by atoms with Crippen molar-refractivity contribution in [3.05, 3.63) is 0 Å². The fraction of sp³-hybridized carbons (Fsp3) is 0. The van der Waals surface area contributed by atoms with E-state index in [0.717, 1.165) is 0 Å². The maximum absolute atomic E-state index is 9.67. The lowest BCUT2D eigenvalue weighted by atomic mass is 13.9. The van der Waals surface area contributed by atoms with Crippen LogP contribution in [-0.2, 0) is 4.57 Å². The Hall–Kier alpha value is 0.400. The Bertz CT molecular complexity index is 75.6. The zero-order valence-corrected chi connectivity index (χ0v) is 4.41. The first-order valence-electron chi connectivity index (χ1n) is 1.05. The van der Waals surface area contributed by atoms with E-state index in [-0.39, 0.29) is 0 Å². The first-order valence-corrected chi connectivity index (χ1v) is 3.16. The van der Waals surface area contributed by atoms with Crippen molar-refractivity contribution in [1.82, 2.24) is 4.61 Å². The third-order valence-electron chi connectivity index (χ3n) is 0.121. The van der Waals surface area contributed by atoms with Gasteiger partial charge in [0, 0.05) is 0 Å². The molecule has 6 heavy (non-hydrogen) atoms. The average Bonchev–Trinajstić information content (AvgIpc) is 1.35. The van der Waals surface area contributed by atoms with Crippen molar-refractivity contribution in [2.75, 3.05) is 0 Å². The summed E-state index contributed by atoms with van der Waals surface area (Å²) in [5.41, 5.74) is 4.40. The second kappa shape index (κ2) is 1.91. The van der Waals surface area contributed by atoms with Crippen molar-refractivity contribution in [3.8, 4) is 0 Å². The number of nitrogens with one attached hydrogen (secondary N) is 1. The highest BCUT2D eigenvalue weighted by Crippen LogP contribution is 2.22. The van der Waals surface area contributed by atoms with Crippen LogP contribution in [-0.4, -0.2) is 4.89 Å². The Labute approximate surface area is 40.0 Å². The van der Waals surface area contributed by atoms with Crippen molar-refractivity contribution < 1.29 is 9.46 Å². The second-order valence-corrected chi connectivity index (χ2v) is 2.63. The molecule has 0 rings (SSSR count). The molecule has 0 spiro atoms. The molecule has 6 heteroatoms. The lowest BCUT2D eigenvalue weighted by Gasteiger charge is -1.94. The van der Waals surface area contributed by atoms with Crippen LogP contribution in [0.1, 0.15) is 0 Å². The molecule has 4 nitrogen and oxygen atoms in total. The summed E-state index contributed by atoms with van der Waals surface area (Å²) in [6.07, 6.45) is 0. The normalized spacial score (nSPS) is 19.8. The zero-order valence-electron chi connectivity index (χ0n) is 2.76. The molecule has 0 bridgehead atoms. The van der Waals surface area contributed by atoms with Crippen LogP contribution in [0.15, 0.2) is 0 Å². The molecule has 0 heterocycles. The van der Waals surface area contributed by atoms with Gasteiger partial charge in [0.2, 0.25) is 0 Å². The summed E-state index contributed by atoms with van der Waals surface area (Å²) < 4.78 is 11.1. The maximum atomic E-state index is 9.67. The summed E-state index contributed by atoms with van der Waals surface area (Å²) in [7, 11) is -3.63. The van der Waals surface area contributed by atoms with Crippen molar-refractivity contribution >= 4 is 19.4 Å². The highest BCUT2D eigenvalue weighted by molar-refractivity contribution is 7.54. The Morgan fingerprint density at radius 3 is 2.17 bits per heavy atom. The summed E-state index contributed by atoms with van der Waals surface area (Å²) in [4.78, 5) is 7.92. The molecule has 0 aliphatic heterocycles. The number of hydrogen-bond donors (Lipinski definition) is 3. The Morgan fingerprint density at radius 2 is 2.17 bits per heavy atom. The quantitative estimate of drug-likeness (QED) is 0.339. The van der Waals surface area contributed by atoms with E-state index in [4.69, 9.17) is 4.89 Å². The topological polar surface area (TPSA) is 75.4 Å². The molecular formula is H4ClN2O2P. The molecule has 1 unspecified atom stereocenters. The predicted octanol–water partition coefficient (Wildman–Crippen LogP) is -0.211. The largest absolute Gasteiger partial charge is 0.349 e. The van der Waals surface area contributed by atoms with Crippen LogP contribution in [0.2, 0.25) is 0 Å². The van der Waals surface area contributed by atoms with Crippen molar-refractivity contribution in [2.45, 2.75) is 0 Å². The fourth-order valence-electron chi connectivity index (χ4n) is 0. The molecule has 0 aromatic carbocycles. The molecular weight excluding hydrogens is 126 g/mol. The minimum absolute atomic E-state index is 1.47. The third-order valence-corrected chi connectivity index (χ3v) is 1.09. The van der Waals surface area contributed by atoms with Crippen LogP contribution in [0.25, 0.3) is 0 Å². The van der Waals surface area contributed by atoms with E-state index < -0.39 is 7.67 Å². The van der Waals surface area contributed by atoms with E-state index in [0.29, 0.717) is 0 Å². The minimum atomic E-state index is -3.63. The SMILES string of the molecule is NP(=O)(O)NCl. The van der Waals surface area contributed by atoms with Gasteiger partial charge in [0.1, 0.15) is 0 Å². The van der Waals surface area contributed by atoms with Crippen LogP contribution in [0.5, 0.6) is 0 Å². The molecule has 38 valence electrons. The molecule has 0 aromatic rings. The molecule has 1 atom stereocenters. The van der Waals surface area contributed by atoms with Gasteiger partial charge in [-0.25, -0.2) is 5.50 Å². The number of nitrogens with two attached hydrogens (primary N) is 1. The van der Waals surface area contributed by atoms with Gasteiger partial charge < -0.3 is 4.89 Å². The first kappa shape index (κ1) is 6.40. The van der Waals surface area contributed by atoms with E-state index in [1.807, 2.05) is 0 Å². The molecule has 0 aliphatic rings. The summed E-state index contributed by atoms with van der Waals surface area (Å²) in [5.74, 6) is 0. The maximum Gasteiger partial charge on any atom is 0.349 e. The van der Waals surface area contributed by atoms with Crippen LogP contribution >= 0.6 is 19.4 Å². The van der Waals surface area contributed by atoms with Crippen molar-refractivity contribution in [2.24, 2.45) is 5.50 Å². The average molecular weight is 130 g/mol. The lowest BCUT2D eigenvalue weighted by molar-refractivity contribution is 0.476. The van der Waals surface area contributed by atoms with Crippen LogP contribution in [0.3, 0.4) is 0 Å². The summed E-state index contributed by atoms with van der Waals surface area (Å²) in [6.45, 7) is 0. The summed E-state index contributed by atoms with van der Waals surface area (Å²) >= 11 is 4.59. The number of halogens is 1. The second-order valence-electron chi connectivity index (χ2n) is 0.707. The monoisotopic (exact) mass is 130 g/mol. The van der Waals surface area contributed by atoms with Crippen LogP contribution < -0.4 is 10.1 Å². The van der Waals surface area contributed by atoms with Gasteiger partial charge in [-0.1, -0.05) is 0 Å². The molecule has 0 saturated heterocycles. The van der Waals surface area contributed by atoms with Gasteiger partial charge in [0.15, 0.2) is 0 Å². The third kappa shape index (κ3) is 4.40. The molecule has 0 radical (unpaired) electrons. The van der Waals surface area contributed by atoms with Crippen molar-refractivity contribution in [3.63, 3.8) is 0 Å². The van der Waals surface area contributed by atoms with Gasteiger partial charge in [-0.05, 0) is 11.8 Å². The van der Waals surface area contributed by atoms with Crippen LogP contribution in [0, 0.1) is 0 Å². The summed E-state index contributed by atoms with van der Waals surface area (Å²) in [6, 6.07) is 0. The highest BCUT2D eigenvalue weighted by atomic mass is 35.5. The van der Waals surface area contributed by atoms with Gasteiger partial charge in [0.05, 0.1) is 0 Å².